The third-order valence-electron chi connectivity index (χ3n) is 3.44. The number of nitrogens with two attached hydrogens (primary N) is 1. The van der Waals surface area contributed by atoms with Gasteiger partial charge in [0.05, 0.1) is 19.3 Å². The number of urea groups is 1. The van der Waals surface area contributed by atoms with Crippen molar-refractivity contribution in [2.24, 2.45) is 5.73 Å². The molecule has 0 saturated heterocycles. The summed E-state index contributed by atoms with van der Waals surface area (Å²) < 4.78 is 5.62. The first-order chi connectivity index (χ1) is 10.2. The molecule has 3 rings (SSSR count). The first-order valence-electron chi connectivity index (χ1n) is 6.81. The molecular weight excluding hydrogens is 266 g/mol. The van der Waals surface area contributed by atoms with Gasteiger partial charge in [0.25, 0.3) is 0 Å². The third kappa shape index (κ3) is 3.14. The van der Waals surface area contributed by atoms with Gasteiger partial charge in [-0.2, -0.15) is 0 Å². The number of anilines is 2. The maximum atomic E-state index is 10.9. The Kier molecular flexibility index (Phi) is 3.75. The summed E-state index contributed by atoms with van der Waals surface area (Å²) in [6.07, 6.45) is 0. The van der Waals surface area contributed by atoms with E-state index in [0.29, 0.717) is 18.9 Å². The van der Waals surface area contributed by atoms with Crippen molar-refractivity contribution in [3.05, 3.63) is 59.7 Å². The van der Waals surface area contributed by atoms with Gasteiger partial charge in [-0.15, -0.1) is 0 Å². The molecule has 0 aliphatic carbocycles. The molecule has 0 saturated carbocycles. The molecule has 0 fully saturated rings. The van der Waals surface area contributed by atoms with Crippen LogP contribution in [0.5, 0.6) is 0 Å². The minimum atomic E-state index is -0.571. The van der Waals surface area contributed by atoms with Gasteiger partial charge in [-0.1, -0.05) is 30.3 Å². The van der Waals surface area contributed by atoms with Crippen LogP contribution in [0.4, 0.5) is 16.2 Å². The van der Waals surface area contributed by atoms with Gasteiger partial charge in [-0.25, -0.2) is 4.79 Å². The Labute approximate surface area is 123 Å². The van der Waals surface area contributed by atoms with Crippen molar-refractivity contribution in [1.29, 1.82) is 0 Å². The van der Waals surface area contributed by atoms with Crippen molar-refractivity contribution in [1.82, 2.24) is 0 Å². The third-order valence-corrected chi connectivity index (χ3v) is 3.44. The molecule has 2 amide bonds. The number of primary amides is 1. The second kappa shape index (κ2) is 5.85. The van der Waals surface area contributed by atoms with Gasteiger partial charge >= 0.3 is 6.03 Å². The number of carbonyl (C=O) groups excluding carboxylic acids is 1. The van der Waals surface area contributed by atoms with Crippen LogP contribution in [0, 0.1) is 0 Å². The van der Waals surface area contributed by atoms with Crippen LogP contribution in [0.15, 0.2) is 48.5 Å². The largest absolute Gasteiger partial charge is 0.376 e. The van der Waals surface area contributed by atoms with Crippen LogP contribution in [0.3, 0.4) is 0 Å². The normalized spacial score (nSPS) is 16.9. The average molecular weight is 283 g/mol. The summed E-state index contributed by atoms with van der Waals surface area (Å²) in [4.78, 5) is 10.9. The van der Waals surface area contributed by atoms with Crippen LogP contribution in [0.2, 0.25) is 0 Å². The quantitative estimate of drug-likeness (QED) is 0.810. The number of amides is 2. The molecule has 0 radical (unpaired) electrons. The van der Waals surface area contributed by atoms with Crippen LogP contribution < -0.4 is 16.4 Å². The Morgan fingerprint density at radius 2 is 1.95 bits per heavy atom. The summed E-state index contributed by atoms with van der Waals surface area (Å²) in [5, 5.41) is 6.00. The minimum absolute atomic E-state index is 0.0961. The molecule has 1 aliphatic heterocycles. The number of rotatable bonds is 3. The number of hydrogen-bond acceptors (Lipinski definition) is 3. The molecule has 0 aromatic heterocycles. The smallest absolute Gasteiger partial charge is 0.316 e. The summed E-state index contributed by atoms with van der Waals surface area (Å²) in [7, 11) is 0. The van der Waals surface area contributed by atoms with E-state index < -0.39 is 6.03 Å². The molecule has 1 heterocycles. The molecule has 4 N–H and O–H groups in total. The van der Waals surface area contributed by atoms with Gasteiger partial charge in [-0.3, -0.25) is 0 Å². The summed E-state index contributed by atoms with van der Waals surface area (Å²) in [5.41, 5.74) is 9.15. The SMILES string of the molecule is NC(=O)Nc1cccc(NC2COCc3ccccc32)c1. The van der Waals surface area contributed by atoms with Crippen LogP contribution in [-0.4, -0.2) is 12.6 Å². The van der Waals surface area contributed by atoms with Crippen LogP contribution in [0.25, 0.3) is 0 Å². The number of benzene rings is 2. The molecule has 1 atom stereocenters. The molecule has 0 spiro atoms. The zero-order chi connectivity index (χ0) is 14.7. The molecule has 2 aromatic rings. The number of ether oxygens (including phenoxy) is 1. The molecule has 108 valence electrons. The molecule has 21 heavy (non-hydrogen) atoms. The highest BCUT2D eigenvalue weighted by molar-refractivity contribution is 5.88. The maximum Gasteiger partial charge on any atom is 0.316 e. The van der Waals surface area contributed by atoms with Gasteiger partial charge < -0.3 is 21.1 Å². The molecule has 5 heteroatoms. The summed E-state index contributed by atoms with van der Waals surface area (Å²) in [6.45, 7) is 1.27. The molecule has 1 aliphatic rings. The van der Waals surface area contributed by atoms with Gasteiger partial charge in [-0.05, 0) is 29.3 Å². The van der Waals surface area contributed by atoms with Crippen LogP contribution in [-0.2, 0) is 11.3 Å². The fourth-order valence-electron chi connectivity index (χ4n) is 2.53. The van der Waals surface area contributed by atoms with Crippen LogP contribution in [0.1, 0.15) is 17.2 Å². The predicted molar refractivity (Wildman–Crippen MR) is 82.1 cm³/mol. The number of nitrogens with one attached hydrogen (secondary N) is 2. The van der Waals surface area contributed by atoms with Crippen molar-refractivity contribution >= 4 is 17.4 Å². The maximum absolute atomic E-state index is 10.9. The van der Waals surface area contributed by atoms with E-state index in [-0.39, 0.29) is 6.04 Å². The van der Waals surface area contributed by atoms with Crippen molar-refractivity contribution in [3.63, 3.8) is 0 Å². The average Bonchev–Trinajstić information content (AvgIpc) is 2.47. The topological polar surface area (TPSA) is 76.4 Å². The van der Waals surface area contributed by atoms with Gasteiger partial charge in [0.1, 0.15) is 0 Å². The number of hydrogen-bond donors (Lipinski definition) is 3. The minimum Gasteiger partial charge on any atom is -0.376 e. The summed E-state index contributed by atoms with van der Waals surface area (Å²) in [5.74, 6) is 0. The van der Waals surface area contributed by atoms with E-state index in [2.05, 4.69) is 22.8 Å². The van der Waals surface area contributed by atoms with Crippen molar-refractivity contribution < 1.29 is 9.53 Å². The molecule has 0 bridgehead atoms. The second-order valence-electron chi connectivity index (χ2n) is 4.98. The Bertz CT molecular complexity index is 657. The Morgan fingerprint density at radius 3 is 2.81 bits per heavy atom. The highest BCUT2D eigenvalue weighted by atomic mass is 16.5. The highest BCUT2D eigenvalue weighted by Gasteiger charge is 2.20. The molecule has 1 unspecified atom stereocenters. The van der Waals surface area contributed by atoms with E-state index in [9.17, 15) is 4.79 Å². The first-order valence-corrected chi connectivity index (χ1v) is 6.81. The lowest BCUT2D eigenvalue weighted by atomic mass is 9.99. The predicted octanol–water partition coefficient (Wildman–Crippen LogP) is 2.86. The molecule has 2 aromatic carbocycles. The number of fused-ring (bicyclic) bond motifs is 1. The zero-order valence-corrected chi connectivity index (χ0v) is 11.5. The van der Waals surface area contributed by atoms with Gasteiger partial charge in [0.2, 0.25) is 0 Å². The monoisotopic (exact) mass is 283 g/mol. The zero-order valence-electron chi connectivity index (χ0n) is 11.5. The van der Waals surface area contributed by atoms with E-state index >= 15 is 0 Å². The Morgan fingerprint density at radius 1 is 1.14 bits per heavy atom. The lowest BCUT2D eigenvalue weighted by Crippen LogP contribution is -2.23. The van der Waals surface area contributed by atoms with Gasteiger partial charge in [0.15, 0.2) is 0 Å². The first kappa shape index (κ1) is 13.5. The molecule has 5 nitrogen and oxygen atoms in total. The van der Waals surface area contributed by atoms with Gasteiger partial charge in [0, 0.05) is 11.4 Å². The lowest BCUT2D eigenvalue weighted by molar-refractivity contribution is 0.0970. The lowest BCUT2D eigenvalue weighted by Gasteiger charge is -2.27. The fourth-order valence-corrected chi connectivity index (χ4v) is 2.53. The van der Waals surface area contributed by atoms with E-state index in [1.807, 2.05) is 30.3 Å². The Balaban J connectivity index is 1.80. The van der Waals surface area contributed by atoms with Crippen molar-refractivity contribution in [3.8, 4) is 0 Å². The number of carbonyl (C=O) groups is 1. The fraction of sp³-hybridized carbons (Fsp3) is 0.188. The van der Waals surface area contributed by atoms with Crippen LogP contribution >= 0.6 is 0 Å². The van der Waals surface area contributed by atoms with E-state index in [4.69, 9.17) is 10.5 Å². The van der Waals surface area contributed by atoms with Crippen molar-refractivity contribution in [2.45, 2.75) is 12.6 Å². The summed E-state index contributed by atoms with van der Waals surface area (Å²) in [6, 6.07) is 15.2. The second-order valence-corrected chi connectivity index (χ2v) is 4.98. The van der Waals surface area contributed by atoms with E-state index in [1.165, 1.54) is 11.1 Å². The van der Waals surface area contributed by atoms with E-state index in [1.54, 1.807) is 6.07 Å². The van der Waals surface area contributed by atoms with E-state index in [0.717, 1.165) is 5.69 Å². The molecular formula is C16H17N3O2. The highest BCUT2D eigenvalue weighted by Crippen LogP contribution is 2.28. The Hall–Kier alpha value is -2.53. The van der Waals surface area contributed by atoms with Crippen molar-refractivity contribution in [2.75, 3.05) is 17.2 Å². The standard InChI is InChI=1S/C16H17N3O2/c17-16(20)19-13-6-3-5-12(8-13)18-15-10-21-9-11-4-1-2-7-14(11)15/h1-8,15,18H,9-10H2,(H3,17,19,20). The summed E-state index contributed by atoms with van der Waals surface area (Å²) >= 11 is 0.